The molecule has 3 aromatic rings. The van der Waals surface area contributed by atoms with Crippen molar-refractivity contribution in [1.29, 1.82) is 5.26 Å². The van der Waals surface area contributed by atoms with Crippen LogP contribution in [0.2, 0.25) is 5.02 Å². The fraction of sp³-hybridized carbons (Fsp3) is 0.167. The molecule has 0 spiro atoms. The number of fused-ring (bicyclic) bond motifs is 1. The number of para-hydroxylation sites is 2. The van der Waals surface area contributed by atoms with Crippen LogP contribution in [-0.4, -0.2) is 24.9 Å². The van der Waals surface area contributed by atoms with Gasteiger partial charge in [-0.1, -0.05) is 23.7 Å². The first-order valence-electron chi connectivity index (χ1n) is 7.87. The highest BCUT2D eigenvalue weighted by Crippen LogP contribution is 2.32. The Bertz CT molecular complexity index is 1090. The lowest BCUT2D eigenvalue weighted by Gasteiger charge is -2.15. The average Bonchev–Trinajstić information content (AvgIpc) is 2.63. The number of nitriles is 1. The molecular formula is C18H15ClN4O2S. The summed E-state index contributed by atoms with van der Waals surface area (Å²) in [7, 11) is -3.99. The van der Waals surface area contributed by atoms with Crippen molar-refractivity contribution < 1.29 is 8.42 Å². The highest BCUT2D eigenvalue weighted by atomic mass is 35.5. The zero-order valence-electron chi connectivity index (χ0n) is 13.8. The normalized spacial score (nSPS) is 12.5. The SMILES string of the molecule is CCNc1nc2ccccc2nc1[C@H](C#N)S(=O)(=O)c1ccc(Cl)cc1. The van der Waals surface area contributed by atoms with E-state index in [9.17, 15) is 13.7 Å². The molecule has 0 saturated carbocycles. The summed E-state index contributed by atoms with van der Waals surface area (Å²) in [6.45, 7) is 2.37. The van der Waals surface area contributed by atoms with Gasteiger partial charge in [-0.2, -0.15) is 5.26 Å². The summed E-state index contributed by atoms with van der Waals surface area (Å²) < 4.78 is 26.0. The summed E-state index contributed by atoms with van der Waals surface area (Å²) in [5.41, 5.74) is 1.23. The minimum absolute atomic E-state index is 0.00542. The van der Waals surface area contributed by atoms with Crippen molar-refractivity contribution in [2.75, 3.05) is 11.9 Å². The van der Waals surface area contributed by atoms with Crippen molar-refractivity contribution in [3.05, 3.63) is 59.2 Å². The molecule has 2 aromatic carbocycles. The maximum absolute atomic E-state index is 13.0. The second-order valence-corrected chi connectivity index (χ2v) is 7.95. The van der Waals surface area contributed by atoms with Crippen LogP contribution in [0.4, 0.5) is 5.82 Å². The number of nitrogens with zero attached hydrogens (tertiary/aromatic N) is 3. The molecule has 0 aliphatic heterocycles. The van der Waals surface area contributed by atoms with E-state index in [1.807, 2.05) is 19.1 Å². The van der Waals surface area contributed by atoms with Crippen molar-refractivity contribution in [3.63, 3.8) is 0 Å². The number of hydrogen-bond donors (Lipinski definition) is 1. The Balaban J connectivity index is 2.19. The summed E-state index contributed by atoms with van der Waals surface area (Å²) in [6, 6.07) is 14.7. The summed E-state index contributed by atoms with van der Waals surface area (Å²) in [5.74, 6) is 0.287. The average molecular weight is 387 g/mol. The Morgan fingerprint density at radius 1 is 1.12 bits per heavy atom. The van der Waals surface area contributed by atoms with E-state index in [2.05, 4.69) is 15.3 Å². The second-order valence-electron chi connectivity index (χ2n) is 5.48. The first kappa shape index (κ1) is 18.1. The summed E-state index contributed by atoms with van der Waals surface area (Å²) in [4.78, 5) is 8.87. The van der Waals surface area contributed by atoms with Gasteiger partial charge < -0.3 is 5.32 Å². The van der Waals surface area contributed by atoms with Gasteiger partial charge in [0.25, 0.3) is 0 Å². The largest absolute Gasteiger partial charge is 0.369 e. The molecule has 0 unspecified atom stereocenters. The Kier molecular flexibility index (Phi) is 5.07. The van der Waals surface area contributed by atoms with Crippen LogP contribution in [0.25, 0.3) is 11.0 Å². The van der Waals surface area contributed by atoms with Crippen molar-refractivity contribution in [1.82, 2.24) is 9.97 Å². The molecule has 0 saturated heterocycles. The van der Waals surface area contributed by atoms with Crippen LogP contribution < -0.4 is 5.32 Å². The van der Waals surface area contributed by atoms with Gasteiger partial charge in [0, 0.05) is 11.6 Å². The van der Waals surface area contributed by atoms with Crippen molar-refractivity contribution >= 4 is 38.3 Å². The Hall–Kier alpha value is -2.69. The van der Waals surface area contributed by atoms with Gasteiger partial charge in [0.1, 0.15) is 5.69 Å². The molecule has 6 nitrogen and oxygen atoms in total. The number of halogens is 1. The number of hydrogen-bond acceptors (Lipinski definition) is 6. The molecule has 0 amide bonds. The first-order chi connectivity index (χ1) is 12.5. The summed E-state index contributed by atoms with van der Waals surface area (Å²) in [6.07, 6.45) is 0. The third kappa shape index (κ3) is 3.34. The predicted octanol–water partition coefficient (Wildman–Crippen LogP) is 3.75. The molecule has 1 atom stereocenters. The molecule has 1 aromatic heterocycles. The van der Waals surface area contributed by atoms with E-state index in [0.29, 0.717) is 22.6 Å². The molecule has 132 valence electrons. The van der Waals surface area contributed by atoms with Crippen molar-refractivity contribution in [3.8, 4) is 6.07 Å². The van der Waals surface area contributed by atoms with Crippen LogP contribution in [-0.2, 0) is 9.84 Å². The van der Waals surface area contributed by atoms with Gasteiger partial charge in [-0.3, -0.25) is 0 Å². The van der Waals surface area contributed by atoms with Gasteiger partial charge in [-0.15, -0.1) is 0 Å². The Labute approximate surface area is 156 Å². The molecule has 3 rings (SSSR count). The van der Waals surface area contributed by atoms with E-state index in [1.54, 1.807) is 18.2 Å². The second kappa shape index (κ2) is 7.28. The lowest BCUT2D eigenvalue weighted by Crippen LogP contribution is -2.17. The number of nitrogens with one attached hydrogen (secondary N) is 1. The van der Waals surface area contributed by atoms with Crippen LogP contribution in [0.1, 0.15) is 17.9 Å². The number of sulfone groups is 1. The fourth-order valence-electron chi connectivity index (χ4n) is 2.53. The van der Waals surface area contributed by atoms with E-state index in [0.717, 1.165) is 0 Å². The van der Waals surface area contributed by atoms with E-state index < -0.39 is 15.1 Å². The molecule has 8 heteroatoms. The highest BCUT2D eigenvalue weighted by molar-refractivity contribution is 7.92. The lowest BCUT2D eigenvalue weighted by atomic mass is 10.2. The highest BCUT2D eigenvalue weighted by Gasteiger charge is 2.33. The monoisotopic (exact) mass is 386 g/mol. The molecule has 0 bridgehead atoms. The number of benzene rings is 2. The summed E-state index contributed by atoms with van der Waals surface area (Å²) in [5, 5.41) is 11.6. The molecule has 0 aliphatic carbocycles. The summed E-state index contributed by atoms with van der Waals surface area (Å²) >= 11 is 5.83. The minimum atomic E-state index is -3.99. The van der Waals surface area contributed by atoms with E-state index in [4.69, 9.17) is 11.6 Å². The molecule has 1 heterocycles. The van der Waals surface area contributed by atoms with E-state index in [-0.39, 0.29) is 16.4 Å². The predicted molar refractivity (Wildman–Crippen MR) is 101 cm³/mol. The number of aromatic nitrogens is 2. The molecule has 1 N–H and O–H groups in total. The Morgan fingerprint density at radius 3 is 2.31 bits per heavy atom. The van der Waals surface area contributed by atoms with Gasteiger partial charge in [0.05, 0.1) is 22.0 Å². The molecule has 26 heavy (non-hydrogen) atoms. The van der Waals surface area contributed by atoms with E-state index >= 15 is 0 Å². The van der Waals surface area contributed by atoms with Crippen LogP contribution in [0.5, 0.6) is 0 Å². The van der Waals surface area contributed by atoms with Crippen LogP contribution in [0, 0.1) is 11.3 Å². The quantitative estimate of drug-likeness (QED) is 0.717. The smallest absolute Gasteiger partial charge is 0.200 e. The Morgan fingerprint density at radius 2 is 1.73 bits per heavy atom. The zero-order chi connectivity index (χ0) is 18.7. The third-order valence-electron chi connectivity index (χ3n) is 3.76. The van der Waals surface area contributed by atoms with Gasteiger partial charge in [0.15, 0.2) is 11.1 Å². The third-order valence-corrected chi connectivity index (χ3v) is 5.89. The standard InChI is InChI=1S/C18H15ClN4O2S/c1-2-21-18-17(22-14-5-3-4-6-15(14)23-18)16(11-20)26(24,25)13-9-7-12(19)8-10-13/h3-10,16H,2H2,1H3,(H,21,23)/t16-/m0/s1. The van der Waals surface area contributed by atoms with Gasteiger partial charge in [-0.05, 0) is 43.3 Å². The lowest BCUT2D eigenvalue weighted by molar-refractivity contribution is 0.590. The van der Waals surface area contributed by atoms with Gasteiger partial charge >= 0.3 is 0 Å². The van der Waals surface area contributed by atoms with Crippen LogP contribution in [0.15, 0.2) is 53.4 Å². The van der Waals surface area contributed by atoms with Crippen molar-refractivity contribution in [2.24, 2.45) is 0 Å². The maximum atomic E-state index is 13.0. The van der Waals surface area contributed by atoms with Crippen molar-refractivity contribution in [2.45, 2.75) is 17.1 Å². The fourth-order valence-corrected chi connectivity index (χ4v) is 4.04. The van der Waals surface area contributed by atoms with Gasteiger partial charge in [-0.25, -0.2) is 18.4 Å². The van der Waals surface area contributed by atoms with Crippen LogP contribution >= 0.6 is 11.6 Å². The van der Waals surface area contributed by atoms with Gasteiger partial charge in [0.2, 0.25) is 9.84 Å². The molecule has 0 aliphatic rings. The first-order valence-corrected chi connectivity index (χ1v) is 9.79. The topological polar surface area (TPSA) is 95.7 Å². The van der Waals surface area contributed by atoms with E-state index in [1.165, 1.54) is 24.3 Å². The number of rotatable bonds is 5. The van der Waals surface area contributed by atoms with Crippen LogP contribution in [0.3, 0.4) is 0 Å². The molecule has 0 fully saturated rings. The molecular weight excluding hydrogens is 372 g/mol. The zero-order valence-corrected chi connectivity index (χ0v) is 15.4. The minimum Gasteiger partial charge on any atom is -0.369 e. The maximum Gasteiger partial charge on any atom is 0.200 e. The number of anilines is 1. The molecule has 0 radical (unpaired) electrons.